The maximum atomic E-state index is 6.00. The summed E-state index contributed by atoms with van der Waals surface area (Å²) in [6.07, 6.45) is 3.66. The van der Waals surface area contributed by atoms with Gasteiger partial charge in [-0.1, -0.05) is 32.4 Å². The van der Waals surface area contributed by atoms with Gasteiger partial charge in [-0.3, -0.25) is 0 Å². The predicted molar refractivity (Wildman–Crippen MR) is 72.5 cm³/mol. The molecule has 2 rings (SSSR count). The summed E-state index contributed by atoms with van der Waals surface area (Å²) in [5, 5.41) is 3.73. The van der Waals surface area contributed by atoms with Crippen molar-refractivity contribution in [1.82, 2.24) is 5.32 Å². The fraction of sp³-hybridized carbons (Fsp3) is 0.692. The summed E-state index contributed by atoms with van der Waals surface area (Å²) in [6.45, 7) is 8.15. The molecule has 3 heteroatoms. The van der Waals surface area contributed by atoms with Crippen LogP contribution in [0.2, 0.25) is 4.34 Å². The van der Waals surface area contributed by atoms with Crippen molar-refractivity contribution < 1.29 is 0 Å². The molecule has 0 aliphatic carbocycles. The van der Waals surface area contributed by atoms with Gasteiger partial charge in [0.15, 0.2) is 0 Å². The molecule has 1 atom stereocenters. The van der Waals surface area contributed by atoms with Crippen LogP contribution < -0.4 is 5.32 Å². The van der Waals surface area contributed by atoms with E-state index in [4.69, 9.17) is 11.6 Å². The molecule has 1 fully saturated rings. The molecule has 1 aromatic rings. The van der Waals surface area contributed by atoms with E-state index in [-0.39, 0.29) is 5.54 Å². The first-order valence-electron chi connectivity index (χ1n) is 5.92. The Balaban J connectivity index is 2.21. The van der Waals surface area contributed by atoms with Crippen molar-refractivity contribution >= 4 is 22.9 Å². The van der Waals surface area contributed by atoms with Gasteiger partial charge < -0.3 is 5.32 Å². The lowest BCUT2D eigenvalue weighted by atomic mass is 9.70. The quantitative estimate of drug-likeness (QED) is 0.841. The van der Waals surface area contributed by atoms with E-state index < -0.39 is 0 Å². The van der Waals surface area contributed by atoms with E-state index in [1.54, 1.807) is 11.3 Å². The highest BCUT2D eigenvalue weighted by Gasteiger charge is 2.43. The van der Waals surface area contributed by atoms with Gasteiger partial charge in [-0.25, -0.2) is 0 Å². The molecule has 90 valence electrons. The Morgan fingerprint density at radius 3 is 2.62 bits per heavy atom. The highest BCUT2D eigenvalue weighted by molar-refractivity contribution is 7.16. The summed E-state index contributed by atoms with van der Waals surface area (Å²) < 4.78 is 0.900. The smallest absolute Gasteiger partial charge is 0.0931 e. The zero-order valence-corrected chi connectivity index (χ0v) is 11.8. The number of rotatable bonds is 2. The summed E-state index contributed by atoms with van der Waals surface area (Å²) in [5.41, 5.74) is 0.543. The summed E-state index contributed by atoms with van der Waals surface area (Å²) in [7, 11) is 0. The third-order valence-electron chi connectivity index (χ3n) is 3.78. The Morgan fingerprint density at radius 1 is 1.44 bits per heavy atom. The molecule has 0 bridgehead atoms. The van der Waals surface area contributed by atoms with Crippen LogP contribution >= 0.6 is 22.9 Å². The van der Waals surface area contributed by atoms with Gasteiger partial charge in [-0.05, 0) is 36.9 Å². The summed E-state index contributed by atoms with van der Waals surface area (Å²) >= 11 is 7.72. The normalized spacial score (nSPS) is 26.2. The van der Waals surface area contributed by atoms with Crippen molar-refractivity contribution in [1.29, 1.82) is 0 Å². The Kier molecular flexibility index (Phi) is 3.35. The third-order valence-corrected chi connectivity index (χ3v) is 5.02. The van der Waals surface area contributed by atoms with Crippen molar-refractivity contribution in [3.8, 4) is 0 Å². The highest BCUT2D eigenvalue weighted by Crippen LogP contribution is 2.41. The van der Waals surface area contributed by atoms with Crippen molar-refractivity contribution in [3.05, 3.63) is 21.3 Å². The maximum Gasteiger partial charge on any atom is 0.0931 e. The van der Waals surface area contributed by atoms with Crippen LogP contribution in [0.1, 0.15) is 38.5 Å². The molecule has 1 saturated heterocycles. The zero-order valence-electron chi connectivity index (χ0n) is 10.3. The summed E-state index contributed by atoms with van der Waals surface area (Å²) in [5.74, 6) is 0. The summed E-state index contributed by atoms with van der Waals surface area (Å²) in [4.78, 5) is 1.40. The minimum Gasteiger partial charge on any atom is -0.310 e. The molecule has 0 spiro atoms. The van der Waals surface area contributed by atoms with E-state index >= 15 is 0 Å². The van der Waals surface area contributed by atoms with Crippen LogP contribution in [0.25, 0.3) is 0 Å². The molecule has 2 heterocycles. The van der Waals surface area contributed by atoms with Crippen LogP contribution in [-0.2, 0) is 6.42 Å². The average molecular weight is 258 g/mol. The lowest BCUT2D eigenvalue weighted by Crippen LogP contribution is -2.52. The Labute approximate surface area is 107 Å². The largest absolute Gasteiger partial charge is 0.310 e. The molecule has 0 radical (unpaired) electrons. The first kappa shape index (κ1) is 12.4. The second kappa shape index (κ2) is 4.32. The molecule has 0 aromatic carbocycles. The molecule has 1 unspecified atom stereocenters. The van der Waals surface area contributed by atoms with Crippen molar-refractivity contribution in [2.45, 2.75) is 45.6 Å². The first-order valence-corrected chi connectivity index (χ1v) is 7.12. The van der Waals surface area contributed by atoms with Gasteiger partial charge in [0.2, 0.25) is 0 Å². The average Bonchev–Trinajstić information content (AvgIpc) is 2.75. The molecule has 0 amide bonds. The van der Waals surface area contributed by atoms with Crippen LogP contribution in [0.3, 0.4) is 0 Å². The van der Waals surface area contributed by atoms with Gasteiger partial charge in [0.1, 0.15) is 0 Å². The Bertz CT molecular complexity index is 358. The molecule has 1 nitrogen and oxygen atoms in total. The highest BCUT2D eigenvalue weighted by atomic mass is 35.5. The molecular formula is C13H20ClNS. The topological polar surface area (TPSA) is 12.0 Å². The molecule has 0 saturated carbocycles. The fourth-order valence-electron chi connectivity index (χ4n) is 2.61. The number of halogens is 1. The lowest BCUT2D eigenvalue weighted by Gasteiger charge is -2.42. The van der Waals surface area contributed by atoms with Crippen molar-refractivity contribution in [3.63, 3.8) is 0 Å². The Hall–Kier alpha value is -0.0500. The number of nitrogens with one attached hydrogen (secondary N) is 1. The monoisotopic (exact) mass is 257 g/mol. The summed E-state index contributed by atoms with van der Waals surface area (Å²) in [6, 6.07) is 4.17. The number of thiophene rings is 1. The van der Waals surface area contributed by atoms with Gasteiger partial charge in [0.05, 0.1) is 4.34 Å². The maximum absolute atomic E-state index is 6.00. The van der Waals surface area contributed by atoms with Crippen LogP contribution in [0, 0.1) is 5.41 Å². The van der Waals surface area contributed by atoms with Gasteiger partial charge in [0, 0.05) is 16.8 Å². The SMILES string of the molecule is CC(C)(C)C1(Cc2ccc(Cl)s2)CCCN1. The fourth-order valence-corrected chi connectivity index (χ4v) is 3.81. The van der Waals surface area contributed by atoms with Crippen LogP contribution in [-0.4, -0.2) is 12.1 Å². The zero-order chi connectivity index (χ0) is 11.8. The predicted octanol–water partition coefficient (Wildman–Crippen LogP) is 4.11. The minimum atomic E-state index is 0.251. The molecule has 16 heavy (non-hydrogen) atoms. The van der Waals surface area contributed by atoms with E-state index in [1.807, 2.05) is 6.07 Å². The van der Waals surface area contributed by atoms with E-state index in [9.17, 15) is 0 Å². The van der Waals surface area contributed by atoms with Crippen molar-refractivity contribution in [2.24, 2.45) is 5.41 Å². The molecule has 1 aliphatic heterocycles. The molecular weight excluding hydrogens is 238 g/mol. The van der Waals surface area contributed by atoms with Gasteiger partial charge in [-0.2, -0.15) is 0 Å². The minimum absolute atomic E-state index is 0.251. The van der Waals surface area contributed by atoms with Gasteiger partial charge in [-0.15, -0.1) is 11.3 Å². The van der Waals surface area contributed by atoms with E-state index in [2.05, 4.69) is 32.2 Å². The molecule has 1 aromatic heterocycles. The van der Waals surface area contributed by atoms with Gasteiger partial charge >= 0.3 is 0 Å². The Morgan fingerprint density at radius 2 is 2.19 bits per heavy atom. The molecule has 1 N–H and O–H groups in total. The molecule has 1 aliphatic rings. The number of hydrogen-bond donors (Lipinski definition) is 1. The van der Waals surface area contributed by atoms with E-state index in [1.165, 1.54) is 17.7 Å². The van der Waals surface area contributed by atoms with Gasteiger partial charge in [0.25, 0.3) is 0 Å². The van der Waals surface area contributed by atoms with E-state index in [0.29, 0.717) is 5.41 Å². The second-order valence-corrected chi connectivity index (χ2v) is 7.54. The van der Waals surface area contributed by atoms with E-state index in [0.717, 1.165) is 17.3 Å². The number of hydrogen-bond acceptors (Lipinski definition) is 2. The van der Waals surface area contributed by atoms with Crippen LogP contribution in [0.5, 0.6) is 0 Å². The lowest BCUT2D eigenvalue weighted by molar-refractivity contribution is 0.160. The first-order chi connectivity index (χ1) is 7.43. The van der Waals surface area contributed by atoms with Crippen molar-refractivity contribution in [2.75, 3.05) is 6.54 Å². The van der Waals surface area contributed by atoms with Crippen LogP contribution in [0.4, 0.5) is 0 Å². The second-order valence-electron chi connectivity index (χ2n) is 5.75. The van der Waals surface area contributed by atoms with Crippen LogP contribution in [0.15, 0.2) is 12.1 Å². The standard InChI is InChI=1S/C13H20ClNS/c1-12(2,3)13(7-4-8-15-13)9-10-5-6-11(14)16-10/h5-6,15H,4,7-9H2,1-3H3. The third kappa shape index (κ3) is 2.29.